The fourth-order valence-electron chi connectivity index (χ4n) is 2.25. The Morgan fingerprint density at radius 3 is 2.52 bits per heavy atom. The van der Waals surface area contributed by atoms with Crippen LogP contribution in [0.3, 0.4) is 0 Å². The second-order valence-electron chi connectivity index (χ2n) is 6.11. The highest BCUT2D eigenvalue weighted by molar-refractivity contribution is 9.10. The van der Waals surface area contributed by atoms with Gasteiger partial charge in [-0.1, -0.05) is 65.1 Å². The van der Waals surface area contributed by atoms with Gasteiger partial charge in [-0.05, 0) is 41.8 Å². The molecule has 2 N–H and O–H groups in total. The van der Waals surface area contributed by atoms with E-state index in [0.29, 0.717) is 5.02 Å². The number of benzene rings is 2. The van der Waals surface area contributed by atoms with Gasteiger partial charge in [0.1, 0.15) is 6.04 Å². The summed E-state index contributed by atoms with van der Waals surface area (Å²) in [5.41, 5.74) is 3.53. The standard InChI is InChI=1S/C19H18BrCl2N3O2/c1-11(2)17(24-18(26)15-7-6-14(21)9-16(15)22)19(27)25-23-10-12-4-3-5-13(20)8-12/h3-11,17H,1-2H3,(H,24,26)(H,25,27)/b23-10-. The summed E-state index contributed by atoms with van der Waals surface area (Å²) < 4.78 is 0.907. The van der Waals surface area contributed by atoms with Crippen molar-refractivity contribution in [3.05, 3.63) is 68.1 Å². The van der Waals surface area contributed by atoms with E-state index < -0.39 is 17.9 Å². The largest absolute Gasteiger partial charge is 0.340 e. The van der Waals surface area contributed by atoms with Gasteiger partial charge < -0.3 is 5.32 Å². The summed E-state index contributed by atoms with van der Waals surface area (Å²) in [6.07, 6.45) is 1.53. The van der Waals surface area contributed by atoms with Gasteiger partial charge in [0.05, 0.1) is 16.8 Å². The van der Waals surface area contributed by atoms with Gasteiger partial charge in [-0.2, -0.15) is 5.10 Å². The molecule has 0 aliphatic rings. The van der Waals surface area contributed by atoms with E-state index in [-0.39, 0.29) is 16.5 Å². The lowest BCUT2D eigenvalue weighted by Crippen LogP contribution is -2.48. The Kier molecular flexibility index (Phi) is 7.83. The van der Waals surface area contributed by atoms with Crippen LogP contribution in [0.5, 0.6) is 0 Å². The average Bonchev–Trinajstić information content (AvgIpc) is 2.59. The van der Waals surface area contributed by atoms with Gasteiger partial charge in [0.2, 0.25) is 0 Å². The maximum atomic E-state index is 12.5. The van der Waals surface area contributed by atoms with E-state index in [4.69, 9.17) is 23.2 Å². The Hall–Kier alpha value is -1.89. The lowest BCUT2D eigenvalue weighted by molar-refractivity contribution is -0.123. The van der Waals surface area contributed by atoms with Gasteiger partial charge >= 0.3 is 0 Å². The molecule has 0 aliphatic heterocycles. The Morgan fingerprint density at radius 2 is 1.89 bits per heavy atom. The molecule has 0 heterocycles. The molecule has 0 fully saturated rings. The number of nitrogens with one attached hydrogen (secondary N) is 2. The number of halogens is 3. The van der Waals surface area contributed by atoms with Crippen molar-refractivity contribution in [1.82, 2.24) is 10.7 Å². The third kappa shape index (κ3) is 6.34. The van der Waals surface area contributed by atoms with Gasteiger partial charge in [0.15, 0.2) is 0 Å². The molecule has 0 saturated carbocycles. The molecular formula is C19H18BrCl2N3O2. The lowest BCUT2D eigenvalue weighted by atomic mass is 10.0. The Morgan fingerprint density at radius 1 is 1.15 bits per heavy atom. The SMILES string of the molecule is CC(C)C(NC(=O)c1ccc(Cl)cc1Cl)C(=O)N/N=C\c1cccc(Br)c1. The van der Waals surface area contributed by atoms with Crippen LogP contribution in [-0.4, -0.2) is 24.1 Å². The minimum Gasteiger partial charge on any atom is -0.340 e. The summed E-state index contributed by atoms with van der Waals surface area (Å²) in [5.74, 6) is -1.03. The first-order valence-electron chi connectivity index (χ1n) is 8.12. The van der Waals surface area contributed by atoms with Gasteiger partial charge in [-0.15, -0.1) is 0 Å². The van der Waals surface area contributed by atoms with Crippen LogP contribution in [0.2, 0.25) is 10.0 Å². The fourth-order valence-corrected chi connectivity index (χ4v) is 3.17. The zero-order chi connectivity index (χ0) is 20.0. The first-order valence-corrected chi connectivity index (χ1v) is 9.67. The predicted molar refractivity (Wildman–Crippen MR) is 112 cm³/mol. The minimum atomic E-state index is -0.774. The van der Waals surface area contributed by atoms with Gasteiger partial charge in [0, 0.05) is 9.50 Å². The highest BCUT2D eigenvalue weighted by Crippen LogP contribution is 2.21. The van der Waals surface area contributed by atoms with Crippen molar-refractivity contribution < 1.29 is 9.59 Å². The van der Waals surface area contributed by atoms with E-state index in [1.54, 1.807) is 6.07 Å². The van der Waals surface area contributed by atoms with E-state index in [0.717, 1.165) is 10.0 Å². The van der Waals surface area contributed by atoms with E-state index in [1.807, 2.05) is 38.1 Å². The second kappa shape index (κ2) is 9.88. The first-order chi connectivity index (χ1) is 12.8. The molecule has 2 aromatic carbocycles. The summed E-state index contributed by atoms with van der Waals surface area (Å²) in [6, 6.07) is 11.2. The zero-order valence-corrected chi connectivity index (χ0v) is 17.8. The van der Waals surface area contributed by atoms with Crippen LogP contribution in [0.15, 0.2) is 52.0 Å². The van der Waals surface area contributed by atoms with E-state index in [9.17, 15) is 9.59 Å². The number of carbonyl (C=O) groups is 2. The minimum absolute atomic E-state index is 0.152. The summed E-state index contributed by atoms with van der Waals surface area (Å²) in [5, 5.41) is 7.29. The van der Waals surface area contributed by atoms with Crippen molar-refractivity contribution in [1.29, 1.82) is 0 Å². The predicted octanol–water partition coefficient (Wildman–Crippen LogP) is 4.66. The maximum Gasteiger partial charge on any atom is 0.262 e. The van der Waals surface area contributed by atoms with Crippen LogP contribution in [0.25, 0.3) is 0 Å². The topological polar surface area (TPSA) is 70.6 Å². The molecular weight excluding hydrogens is 453 g/mol. The molecule has 0 saturated heterocycles. The van der Waals surface area contributed by atoms with Gasteiger partial charge in [-0.25, -0.2) is 5.43 Å². The molecule has 5 nitrogen and oxygen atoms in total. The number of hydrogen-bond donors (Lipinski definition) is 2. The summed E-state index contributed by atoms with van der Waals surface area (Å²) in [7, 11) is 0. The monoisotopic (exact) mass is 469 g/mol. The number of rotatable bonds is 6. The Labute approximate surface area is 176 Å². The van der Waals surface area contributed by atoms with E-state index in [1.165, 1.54) is 18.3 Å². The van der Waals surface area contributed by atoms with Crippen LogP contribution in [0.4, 0.5) is 0 Å². The van der Waals surface area contributed by atoms with Crippen molar-refractivity contribution in [2.45, 2.75) is 19.9 Å². The summed E-state index contributed by atoms with van der Waals surface area (Å²) in [4.78, 5) is 24.9. The van der Waals surface area contributed by atoms with Crippen molar-refractivity contribution in [2.24, 2.45) is 11.0 Å². The van der Waals surface area contributed by atoms with Crippen molar-refractivity contribution in [2.75, 3.05) is 0 Å². The van der Waals surface area contributed by atoms with Crippen molar-refractivity contribution >= 4 is 57.2 Å². The molecule has 1 atom stereocenters. The summed E-state index contributed by atoms with van der Waals surface area (Å²) in [6.45, 7) is 3.65. The molecule has 142 valence electrons. The number of hydrazone groups is 1. The highest BCUT2D eigenvalue weighted by atomic mass is 79.9. The average molecular weight is 471 g/mol. The highest BCUT2D eigenvalue weighted by Gasteiger charge is 2.25. The number of amides is 2. The van der Waals surface area contributed by atoms with Gasteiger partial charge in [-0.3, -0.25) is 9.59 Å². The number of nitrogens with zero attached hydrogens (tertiary/aromatic N) is 1. The van der Waals surface area contributed by atoms with Crippen molar-refractivity contribution in [3.8, 4) is 0 Å². The Balaban J connectivity index is 2.05. The van der Waals surface area contributed by atoms with Crippen LogP contribution >= 0.6 is 39.1 Å². The molecule has 0 radical (unpaired) electrons. The molecule has 2 rings (SSSR count). The molecule has 0 spiro atoms. The fraction of sp³-hybridized carbons (Fsp3) is 0.211. The quantitative estimate of drug-likeness (QED) is 0.476. The van der Waals surface area contributed by atoms with Crippen LogP contribution in [-0.2, 0) is 4.79 Å². The normalized spacial score (nSPS) is 12.2. The molecule has 0 aliphatic carbocycles. The van der Waals surface area contributed by atoms with Crippen LogP contribution in [0, 0.1) is 5.92 Å². The summed E-state index contributed by atoms with van der Waals surface area (Å²) >= 11 is 15.3. The number of hydrogen-bond acceptors (Lipinski definition) is 3. The Bertz CT molecular complexity index is 872. The number of carbonyl (C=O) groups excluding carboxylic acids is 2. The third-order valence-electron chi connectivity index (χ3n) is 3.65. The first kappa shape index (κ1) is 21.4. The molecule has 0 bridgehead atoms. The van der Waals surface area contributed by atoms with Crippen molar-refractivity contribution in [3.63, 3.8) is 0 Å². The zero-order valence-electron chi connectivity index (χ0n) is 14.7. The molecule has 8 heteroatoms. The third-order valence-corrected chi connectivity index (χ3v) is 4.69. The van der Waals surface area contributed by atoms with E-state index in [2.05, 4.69) is 31.8 Å². The van der Waals surface area contributed by atoms with Gasteiger partial charge in [0.25, 0.3) is 11.8 Å². The van der Waals surface area contributed by atoms with Crippen LogP contribution in [0.1, 0.15) is 29.8 Å². The van der Waals surface area contributed by atoms with Crippen LogP contribution < -0.4 is 10.7 Å². The molecule has 0 aromatic heterocycles. The maximum absolute atomic E-state index is 12.5. The molecule has 1 unspecified atom stereocenters. The molecule has 2 amide bonds. The second-order valence-corrected chi connectivity index (χ2v) is 7.87. The smallest absolute Gasteiger partial charge is 0.262 e. The lowest BCUT2D eigenvalue weighted by Gasteiger charge is -2.20. The molecule has 2 aromatic rings. The van der Waals surface area contributed by atoms with E-state index >= 15 is 0 Å². The molecule has 27 heavy (non-hydrogen) atoms.